The standard InChI is InChI=1S/C15H14BrF2NO/c1-8-3-4-9(5-11(8)16)15(19)14-12(17)6-10(20-2)7-13(14)18/h3-7,15H,19H2,1-2H3. The maximum absolute atomic E-state index is 14.0. The summed E-state index contributed by atoms with van der Waals surface area (Å²) in [6, 6.07) is 6.75. The Labute approximate surface area is 124 Å². The zero-order valence-corrected chi connectivity index (χ0v) is 12.7. The van der Waals surface area contributed by atoms with Gasteiger partial charge in [0.2, 0.25) is 0 Å². The minimum absolute atomic E-state index is 0.126. The summed E-state index contributed by atoms with van der Waals surface area (Å²) < 4.78 is 33.7. The van der Waals surface area contributed by atoms with Crippen molar-refractivity contribution < 1.29 is 13.5 Å². The van der Waals surface area contributed by atoms with Gasteiger partial charge in [-0.25, -0.2) is 8.78 Å². The van der Waals surface area contributed by atoms with E-state index in [4.69, 9.17) is 10.5 Å². The van der Waals surface area contributed by atoms with E-state index < -0.39 is 17.7 Å². The molecule has 1 unspecified atom stereocenters. The molecule has 20 heavy (non-hydrogen) atoms. The molecule has 2 nitrogen and oxygen atoms in total. The van der Waals surface area contributed by atoms with E-state index in [9.17, 15) is 8.78 Å². The zero-order valence-electron chi connectivity index (χ0n) is 11.1. The summed E-state index contributed by atoms with van der Waals surface area (Å²) in [5.41, 5.74) is 7.48. The molecule has 1 atom stereocenters. The third-order valence-corrected chi connectivity index (χ3v) is 4.01. The lowest BCUT2D eigenvalue weighted by Gasteiger charge is -2.16. The third-order valence-electron chi connectivity index (χ3n) is 3.15. The molecule has 0 aromatic heterocycles. The van der Waals surface area contributed by atoms with E-state index in [-0.39, 0.29) is 11.3 Å². The summed E-state index contributed by atoms with van der Waals surface area (Å²) >= 11 is 3.38. The Balaban J connectivity index is 2.47. The normalized spacial score (nSPS) is 12.3. The molecule has 2 N–H and O–H groups in total. The second-order valence-corrected chi connectivity index (χ2v) is 5.35. The van der Waals surface area contributed by atoms with Gasteiger partial charge >= 0.3 is 0 Å². The monoisotopic (exact) mass is 341 g/mol. The number of benzene rings is 2. The van der Waals surface area contributed by atoms with Crippen molar-refractivity contribution >= 4 is 15.9 Å². The Morgan fingerprint density at radius 1 is 1.15 bits per heavy atom. The van der Waals surface area contributed by atoms with Crippen LogP contribution in [0.1, 0.15) is 22.7 Å². The van der Waals surface area contributed by atoms with Crippen molar-refractivity contribution in [3.63, 3.8) is 0 Å². The van der Waals surface area contributed by atoms with Gasteiger partial charge in [0.1, 0.15) is 17.4 Å². The van der Waals surface area contributed by atoms with Crippen LogP contribution in [0.5, 0.6) is 5.75 Å². The molecule has 0 radical (unpaired) electrons. The second kappa shape index (κ2) is 5.89. The quantitative estimate of drug-likeness (QED) is 0.912. The first-order valence-corrected chi connectivity index (χ1v) is 6.78. The highest BCUT2D eigenvalue weighted by Gasteiger charge is 2.20. The first-order chi connectivity index (χ1) is 9.43. The minimum atomic E-state index is -0.877. The van der Waals surface area contributed by atoms with Crippen molar-refractivity contribution in [1.29, 1.82) is 0 Å². The van der Waals surface area contributed by atoms with Crippen LogP contribution in [0.4, 0.5) is 8.78 Å². The Morgan fingerprint density at radius 3 is 2.25 bits per heavy atom. The Morgan fingerprint density at radius 2 is 1.75 bits per heavy atom. The van der Waals surface area contributed by atoms with Gasteiger partial charge in [-0.05, 0) is 24.1 Å². The number of aryl methyl sites for hydroxylation is 1. The van der Waals surface area contributed by atoms with E-state index in [1.165, 1.54) is 7.11 Å². The molecular weight excluding hydrogens is 328 g/mol. The molecule has 0 aliphatic carbocycles. The van der Waals surface area contributed by atoms with E-state index >= 15 is 0 Å². The molecular formula is C15H14BrF2NO. The molecule has 0 heterocycles. The van der Waals surface area contributed by atoms with Crippen molar-refractivity contribution in [2.45, 2.75) is 13.0 Å². The molecule has 0 aliphatic rings. The van der Waals surface area contributed by atoms with Gasteiger partial charge in [0.25, 0.3) is 0 Å². The molecule has 2 aromatic rings. The fourth-order valence-corrected chi connectivity index (χ4v) is 2.34. The molecule has 0 aliphatic heterocycles. The lowest BCUT2D eigenvalue weighted by molar-refractivity contribution is 0.404. The lowest BCUT2D eigenvalue weighted by Crippen LogP contribution is -2.16. The van der Waals surface area contributed by atoms with Gasteiger partial charge in [0, 0.05) is 22.2 Å². The summed E-state index contributed by atoms with van der Waals surface area (Å²) in [4.78, 5) is 0. The predicted octanol–water partition coefficient (Wildman–Crippen LogP) is 4.09. The van der Waals surface area contributed by atoms with Crippen molar-refractivity contribution in [3.8, 4) is 5.75 Å². The number of rotatable bonds is 3. The molecule has 0 spiro atoms. The van der Waals surface area contributed by atoms with Gasteiger partial charge in [0.05, 0.1) is 13.2 Å². The van der Waals surface area contributed by atoms with Crippen LogP contribution < -0.4 is 10.5 Å². The number of hydrogen-bond acceptors (Lipinski definition) is 2. The molecule has 2 aromatic carbocycles. The number of nitrogens with two attached hydrogens (primary N) is 1. The van der Waals surface area contributed by atoms with Crippen molar-refractivity contribution in [2.75, 3.05) is 7.11 Å². The minimum Gasteiger partial charge on any atom is -0.497 e. The van der Waals surface area contributed by atoms with E-state index in [1.807, 2.05) is 13.0 Å². The molecule has 0 fully saturated rings. The summed E-state index contributed by atoms with van der Waals surface area (Å²) in [7, 11) is 1.35. The molecule has 5 heteroatoms. The topological polar surface area (TPSA) is 35.2 Å². The largest absolute Gasteiger partial charge is 0.497 e. The maximum atomic E-state index is 14.0. The van der Waals surface area contributed by atoms with Gasteiger partial charge in [-0.1, -0.05) is 28.1 Å². The number of ether oxygens (including phenoxy) is 1. The van der Waals surface area contributed by atoms with Crippen LogP contribution in [0, 0.1) is 18.6 Å². The average molecular weight is 342 g/mol. The molecule has 0 bridgehead atoms. The maximum Gasteiger partial charge on any atom is 0.134 e. The summed E-state index contributed by atoms with van der Waals surface area (Å²) in [5, 5.41) is 0. The predicted molar refractivity (Wildman–Crippen MR) is 77.8 cm³/mol. The lowest BCUT2D eigenvalue weighted by atomic mass is 9.97. The smallest absolute Gasteiger partial charge is 0.134 e. The van der Waals surface area contributed by atoms with E-state index in [2.05, 4.69) is 15.9 Å². The fourth-order valence-electron chi connectivity index (χ4n) is 1.95. The van der Waals surface area contributed by atoms with Crippen molar-refractivity contribution in [2.24, 2.45) is 5.73 Å². The van der Waals surface area contributed by atoms with Crippen LogP contribution in [0.25, 0.3) is 0 Å². The van der Waals surface area contributed by atoms with Crippen LogP contribution in [0.3, 0.4) is 0 Å². The van der Waals surface area contributed by atoms with Gasteiger partial charge in [-0.2, -0.15) is 0 Å². The summed E-state index contributed by atoms with van der Waals surface area (Å²) in [6.45, 7) is 1.92. The van der Waals surface area contributed by atoms with Crippen LogP contribution in [0.15, 0.2) is 34.8 Å². The highest BCUT2D eigenvalue weighted by molar-refractivity contribution is 9.10. The Kier molecular flexibility index (Phi) is 4.40. The molecule has 0 saturated carbocycles. The van der Waals surface area contributed by atoms with Crippen molar-refractivity contribution in [1.82, 2.24) is 0 Å². The van der Waals surface area contributed by atoms with Crippen LogP contribution in [-0.2, 0) is 0 Å². The fraction of sp³-hybridized carbons (Fsp3) is 0.200. The third kappa shape index (κ3) is 2.83. The highest BCUT2D eigenvalue weighted by atomic mass is 79.9. The average Bonchev–Trinajstić information content (AvgIpc) is 2.40. The number of halogens is 3. The van der Waals surface area contributed by atoms with Gasteiger partial charge in [0.15, 0.2) is 0 Å². The first-order valence-electron chi connectivity index (χ1n) is 5.98. The van der Waals surface area contributed by atoms with Crippen LogP contribution >= 0.6 is 15.9 Å². The Bertz CT molecular complexity index is 623. The summed E-state index contributed by atoms with van der Waals surface area (Å²) in [5.74, 6) is -1.31. The number of methoxy groups -OCH3 is 1. The van der Waals surface area contributed by atoms with Crippen LogP contribution in [-0.4, -0.2) is 7.11 Å². The molecule has 0 saturated heterocycles. The van der Waals surface area contributed by atoms with E-state index in [1.54, 1.807) is 12.1 Å². The Hall–Kier alpha value is -1.46. The van der Waals surface area contributed by atoms with E-state index in [0.29, 0.717) is 5.56 Å². The second-order valence-electron chi connectivity index (χ2n) is 4.49. The van der Waals surface area contributed by atoms with E-state index in [0.717, 1.165) is 22.2 Å². The SMILES string of the molecule is COc1cc(F)c(C(N)c2ccc(C)c(Br)c2)c(F)c1. The first kappa shape index (κ1) is 14.9. The van der Waals surface area contributed by atoms with Gasteiger partial charge in [-0.15, -0.1) is 0 Å². The summed E-state index contributed by atoms with van der Waals surface area (Å²) in [6.07, 6.45) is 0. The zero-order chi connectivity index (χ0) is 14.9. The van der Waals surface area contributed by atoms with Gasteiger partial charge in [-0.3, -0.25) is 0 Å². The molecule has 0 amide bonds. The van der Waals surface area contributed by atoms with Crippen LogP contribution in [0.2, 0.25) is 0 Å². The molecule has 2 rings (SSSR count). The number of hydrogen-bond donors (Lipinski definition) is 1. The molecule has 106 valence electrons. The highest BCUT2D eigenvalue weighted by Crippen LogP contribution is 2.30. The van der Waals surface area contributed by atoms with Gasteiger partial charge < -0.3 is 10.5 Å². The van der Waals surface area contributed by atoms with Crippen molar-refractivity contribution in [3.05, 3.63) is 63.1 Å².